The van der Waals surface area contributed by atoms with Gasteiger partial charge in [-0.05, 0) is 91.4 Å². The van der Waals surface area contributed by atoms with Gasteiger partial charge in [0, 0.05) is 33.2 Å². The molecule has 0 atom stereocenters. The van der Waals surface area contributed by atoms with Gasteiger partial charge in [0.2, 0.25) is 0 Å². The molecule has 1 aromatic heterocycles. The summed E-state index contributed by atoms with van der Waals surface area (Å²) < 4.78 is 9.98. The van der Waals surface area contributed by atoms with E-state index in [0.29, 0.717) is 0 Å². The van der Waals surface area contributed by atoms with Gasteiger partial charge >= 0.3 is 6.85 Å². The molecule has 2 aliphatic heterocycles. The Hall–Kier alpha value is -8.12. The summed E-state index contributed by atoms with van der Waals surface area (Å²) in [5.74, 6) is 1.75. The first-order valence-electron chi connectivity index (χ1n) is 22.5. The van der Waals surface area contributed by atoms with Gasteiger partial charge in [0.25, 0.3) is 0 Å². The van der Waals surface area contributed by atoms with Crippen molar-refractivity contribution in [2.75, 3.05) is 4.81 Å². The van der Waals surface area contributed by atoms with Crippen molar-refractivity contribution in [2.45, 2.75) is 0 Å². The topological polar surface area (TPSA) is 17.4 Å². The number of para-hydroxylation sites is 5. The number of anilines is 2. The molecule has 3 nitrogen and oxygen atoms in total. The summed E-state index contributed by atoms with van der Waals surface area (Å²) >= 11 is 0. The van der Waals surface area contributed by atoms with Crippen LogP contribution in [0.2, 0.25) is 0 Å². The standard InChI is InChI=1S/C60H41BN2OSi/c1-5-22-43(23-6-1)63-55-37-19-15-33-50(55)51-40-42(47-30-16-20-39-58(47)65(44-24-7-2-8-25-44,45-26-9-3-10-27-45)46-28-11-4-12-29-46)41-57-59(51)61(63)52-34-21-38-56(60(52)64-57)62-53-35-17-13-31-48(53)49-32-14-18-36-54(49)62/h1-41H. The molecule has 0 spiro atoms. The maximum atomic E-state index is 7.58. The van der Waals surface area contributed by atoms with Gasteiger partial charge in [-0.1, -0.05) is 200 Å². The van der Waals surface area contributed by atoms with Gasteiger partial charge in [-0.2, -0.15) is 0 Å². The van der Waals surface area contributed by atoms with Crippen molar-refractivity contribution in [1.29, 1.82) is 0 Å². The third-order valence-corrected chi connectivity index (χ3v) is 18.6. The lowest BCUT2D eigenvalue weighted by Crippen LogP contribution is -2.75. The summed E-state index contributed by atoms with van der Waals surface area (Å²) in [6, 6.07) is 91.6. The van der Waals surface area contributed by atoms with Gasteiger partial charge < -0.3 is 14.1 Å². The molecule has 10 aromatic carbocycles. The zero-order valence-electron chi connectivity index (χ0n) is 35.6. The van der Waals surface area contributed by atoms with Crippen LogP contribution in [0.5, 0.6) is 11.5 Å². The summed E-state index contributed by atoms with van der Waals surface area (Å²) in [6.07, 6.45) is 0. The fraction of sp³-hybridized carbons (Fsp3) is 0. The zero-order valence-corrected chi connectivity index (χ0v) is 36.6. The second-order valence-electron chi connectivity index (χ2n) is 17.1. The minimum absolute atomic E-state index is 0.162. The summed E-state index contributed by atoms with van der Waals surface area (Å²) in [5, 5.41) is 7.80. The van der Waals surface area contributed by atoms with Crippen molar-refractivity contribution in [3.63, 3.8) is 0 Å². The Kier molecular flexibility index (Phi) is 8.65. The Bertz CT molecular complexity index is 3440. The van der Waals surface area contributed by atoms with Crippen molar-refractivity contribution in [3.05, 3.63) is 249 Å². The molecule has 3 heterocycles. The van der Waals surface area contributed by atoms with Crippen LogP contribution >= 0.6 is 0 Å². The van der Waals surface area contributed by atoms with E-state index < -0.39 is 8.07 Å². The van der Waals surface area contributed by atoms with Crippen molar-refractivity contribution in [2.24, 2.45) is 0 Å². The van der Waals surface area contributed by atoms with Crippen molar-refractivity contribution in [3.8, 4) is 39.4 Å². The maximum absolute atomic E-state index is 7.58. The van der Waals surface area contributed by atoms with Crippen LogP contribution in [0.15, 0.2) is 249 Å². The van der Waals surface area contributed by atoms with E-state index in [1.807, 2.05) is 0 Å². The van der Waals surface area contributed by atoms with Crippen molar-refractivity contribution < 1.29 is 4.74 Å². The van der Waals surface area contributed by atoms with Crippen LogP contribution in [0.25, 0.3) is 49.7 Å². The SMILES string of the molecule is c1ccc(N2B3c4cccc(-n5c6ccccc6c6ccccc65)c4Oc4cc(-c5ccccc5[Si](c5ccccc5)(c5ccccc5)c5ccccc5)cc(c43)-c3ccccc32)cc1. The van der Waals surface area contributed by atoms with Crippen LogP contribution in [0.3, 0.4) is 0 Å². The Balaban J connectivity index is 1.11. The number of rotatable bonds is 7. The van der Waals surface area contributed by atoms with E-state index in [-0.39, 0.29) is 6.85 Å². The highest BCUT2D eigenvalue weighted by atomic mass is 28.3. The monoisotopic (exact) mass is 844 g/mol. The molecule has 0 unspecified atom stereocenters. The van der Waals surface area contributed by atoms with Gasteiger partial charge in [-0.15, -0.1) is 0 Å². The second-order valence-corrected chi connectivity index (χ2v) is 20.9. The van der Waals surface area contributed by atoms with Gasteiger partial charge in [-0.25, -0.2) is 0 Å². The lowest BCUT2D eigenvalue weighted by Gasteiger charge is -2.42. The molecular weight excluding hydrogens is 804 g/mol. The van der Waals surface area contributed by atoms with Gasteiger partial charge in [0.05, 0.1) is 16.7 Å². The third-order valence-electron chi connectivity index (χ3n) is 13.8. The zero-order chi connectivity index (χ0) is 42.9. The highest BCUT2D eigenvalue weighted by Crippen LogP contribution is 2.47. The predicted molar refractivity (Wildman–Crippen MR) is 275 cm³/mol. The Morgan fingerprint density at radius 2 is 0.908 bits per heavy atom. The van der Waals surface area contributed by atoms with E-state index in [4.69, 9.17) is 4.74 Å². The minimum Gasteiger partial charge on any atom is -0.456 e. The van der Waals surface area contributed by atoms with Crippen molar-refractivity contribution >= 4 is 79.8 Å². The Morgan fingerprint density at radius 1 is 0.400 bits per heavy atom. The van der Waals surface area contributed by atoms with E-state index in [0.717, 1.165) is 44.9 Å². The third kappa shape index (κ3) is 5.62. The quantitative estimate of drug-likeness (QED) is 0.117. The Labute approximate surface area is 380 Å². The summed E-state index contributed by atoms with van der Waals surface area (Å²) in [7, 11) is -2.92. The fourth-order valence-electron chi connectivity index (χ4n) is 11.2. The molecule has 0 radical (unpaired) electrons. The molecule has 0 aliphatic carbocycles. The van der Waals surface area contributed by atoms with Crippen LogP contribution in [0.1, 0.15) is 0 Å². The summed E-state index contributed by atoms with van der Waals surface area (Å²) in [5.41, 5.74) is 12.7. The first-order chi connectivity index (χ1) is 32.3. The molecule has 0 N–H and O–H groups in total. The molecule has 0 bridgehead atoms. The fourth-order valence-corrected chi connectivity index (χ4v) is 16.1. The molecule has 65 heavy (non-hydrogen) atoms. The number of benzene rings is 10. The first-order valence-corrected chi connectivity index (χ1v) is 24.5. The largest absolute Gasteiger partial charge is 0.456 e. The van der Waals surface area contributed by atoms with Crippen LogP contribution in [0.4, 0.5) is 11.4 Å². The van der Waals surface area contributed by atoms with Crippen LogP contribution in [-0.2, 0) is 0 Å². The number of aromatic nitrogens is 1. The van der Waals surface area contributed by atoms with E-state index in [9.17, 15) is 0 Å². The van der Waals surface area contributed by atoms with Crippen LogP contribution < -0.4 is 41.2 Å². The predicted octanol–water partition coefficient (Wildman–Crippen LogP) is 10.9. The van der Waals surface area contributed by atoms with Crippen LogP contribution in [-0.4, -0.2) is 19.5 Å². The smallest absolute Gasteiger partial charge is 0.336 e. The molecule has 11 aromatic rings. The van der Waals surface area contributed by atoms with E-state index in [1.54, 1.807) is 0 Å². The number of fused-ring (bicyclic) bond motifs is 7. The second kappa shape index (κ2) is 15.0. The lowest BCUT2D eigenvalue weighted by molar-refractivity contribution is 0.485. The van der Waals surface area contributed by atoms with E-state index in [2.05, 4.69) is 258 Å². The highest BCUT2D eigenvalue weighted by molar-refractivity contribution is 7.20. The van der Waals surface area contributed by atoms with E-state index >= 15 is 0 Å². The molecule has 2 aliphatic rings. The number of nitrogens with zero attached hydrogens (tertiary/aromatic N) is 2. The molecule has 0 saturated heterocycles. The summed E-state index contributed by atoms with van der Waals surface area (Å²) in [4.78, 5) is 2.53. The molecule has 304 valence electrons. The molecule has 0 fully saturated rings. The first kappa shape index (κ1) is 37.4. The van der Waals surface area contributed by atoms with Crippen LogP contribution in [0, 0.1) is 0 Å². The number of ether oxygens (including phenoxy) is 1. The van der Waals surface area contributed by atoms with Gasteiger partial charge in [-0.3, -0.25) is 0 Å². The van der Waals surface area contributed by atoms with Gasteiger partial charge in [0.1, 0.15) is 11.5 Å². The molecule has 0 saturated carbocycles. The maximum Gasteiger partial charge on any atom is 0.336 e. The number of hydrogen-bond acceptors (Lipinski definition) is 2. The molecular formula is C60H41BN2OSi. The van der Waals surface area contributed by atoms with Gasteiger partial charge in [0.15, 0.2) is 8.07 Å². The molecule has 5 heteroatoms. The molecule has 0 amide bonds. The normalized spacial score (nSPS) is 12.7. The van der Waals surface area contributed by atoms with Crippen molar-refractivity contribution in [1.82, 2.24) is 4.57 Å². The number of hydrogen-bond donors (Lipinski definition) is 0. The highest BCUT2D eigenvalue weighted by Gasteiger charge is 2.46. The minimum atomic E-state index is -2.92. The average molecular weight is 845 g/mol. The lowest BCUT2D eigenvalue weighted by atomic mass is 9.44. The summed E-state index contributed by atoms with van der Waals surface area (Å²) in [6.45, 7) is -0.162. The van der Waals surface area contributed by atoms with E-state index in [1.165, 1.54) is 59.4 Å². The average Bonchev–Trinajstić information content (AvgIpc) is 3.72. The Morgan fingerprint density at radius 3 is 1.54 bits per heavy atom. The molecule has 13 rings (SSSR count).